The van der Waals surface area contributed by atoms with E-state index in [9.17, 15) is 4.79 Å². The Morgan fingerprint density at radius 3 is 2.58 bits per heavy atom. The highest BCUT2D eigenvalue weighted by molar-refractivity contribution is 7.19. The SMILES string of the molecule is Cc1ccccc1C(=O)NCc1ccc(-c2nn3c(C)nnc3s2)cc1. The zero-order valence-electron chi connectivity index (χ0n) is 14.4. The first-order chi connectivity index (χ1) is 12.6. The highest BCUT2D eigenvalue weighted by Gasteiger charge is 2.11. The topological polar surface area (TPSA) is 72.2 Å². The Hall–Kier alpha value is -3.06. The van der Waals surface area contributed by atoms with Crippen molar-refractivity contribution >= 4 is 22.2 Å². The number of hydrogen-bond donors (Lipinski definition) is 1. The molecule has 0 spiro atoms. The molecule has 2 aromatic heterocycles. The number of amides is 1. The summed E-state index contributed by atoms with van der Waals surface area (Å²) in [5.74, 6) is 0.717. The van der Waals surface area contributed by atoms with E-state index in [1.54, 1.807) is 4.52 Å². The van der Waals surface area contributed by atoms with Gasteiger partial charge in [-0.3, -0.25) is 4.79 Å². The molecule has 1 N–H and O–H groups in total. The average Bonchev–Trinajstić information content (AvgIpc) is 3.23. The first-order valence-electron chi connectivity index (χ1n) is 8.24. The molecule has 7 heteroatoms. The zero-order valence-corrected chi connectivity index (χ0v) is 15.2. The highest BCUT2D eigenvalue weighted by atomic mass is 32.1. The number of benzene rings is 2. The second-order valence-corrected chi connectivity index (χ2v) is 7.00. The summed E-state index contributed by atoms with van der Waals surface area (Å²) in [6.07, 6.45) is 0. The molecule has 0 aliphatic heterocycles. The van der Waals surface area contributed by atoms with Crippen LogP contribution in [0.4, 0.5) is 0 Å². The van der Waals surface area contributed by atoms with E-state index in [0.29, 0.717) is 12.1 Å². The van der Waals surface area contributed by atoms with E-state index < -0.39 is 0 Å². The second kappa shape index (κ2) is 6.68. The van der Waals surface area contributed by atoms with Crippen molar-refractivity contribution in [1.82, 2.24) is 25.1 Å². The monoisotopic (exact) mass is 363 g/mol. The fourth-order valence-corrected chi connectivity index (χ4v) is 3.59. The van der Waals surface area contributed by atoms with Crippen LogP contribution in [0, 0.1) is 13.8 Å². The number of carbonyl (C=O) groups excluding carboxylic acids is 1. The molecule has 4 rings (SSSR count). The molecule has 130 valence electrons. The Morgan fingerprint density at radius 2 is 1.85 bits per heavy atom. The lowest BCUT2D eigenvalue weighted by atomic mass is 10.1. The fourth-order valence-electron chi connectivity index (χ4n) is 2.70. The minimum Gasteiger partial charge on any atom is -0.348 e. The molecular formula is C19H17N5OS. The van der Waals surface area contributed by atoms with Gasteiger partial charge in [0.2, 0.25) is 4.96 Å². The first kappa shape index (κ1) is 16.4. The molecule has 1 amide bonds. The van der Waals surface area contributed by atoms with Crippen molar-refractivity contribution in [1.29, 1.82) is 0 Å². The number of nitrogens with one attached hydrogen (secondary N) is 1. The third-order valence-corrected chi connectivity index (χ3v) is 5.14. The minimum absolute atomic E-state index is 0.0590. The van der Waals surface area contributed by atoms with E-state index in [1.165, 1.54) is 11.3 Å². The summed E-state index contributed by atoms with van der Waals surface area (Å²) in [5, 5.41) is 16.5. The van der Waals surface area contributed by atoms with Gasteiger partial charge in [-0.05, 0) is 31.0 Å². The lowest BCUT2D eigenvalue weighted by molar-refractivity contribution is 0.0950. The Bertz CT molecular complexity index is 1080. The van der Waals surface area contributed by atoms with Crippen molar-refractivity contribution in [3.8, 4) is 10.6 Å². The van der Waals surface area contributed by atoms with Crippen LogP contribution in [0.25, 0.3) is 15.5 Å². The lowest BCUT2D eigenvalue weighted by Crippen LogP contribution is -2.23. The summed E-state index contributed by atoms with van der Waals surface area (Å²) < 4.78 is 1.75. The highest BCUT2D eigenvalue weighted by Crippen LogP contribution is 2.25. The first-order valence-corrected chi connectivity index (χ1v) is 9.05. The quantitative estimate of drug-likeness (QED) is 0.603. The maximum absolute atomic E-state index is 12.3. The predicted molar refractivity (Wildman–Crippen MR) is 101 cm³/mol. The van der Waals surface area contributed by atoms with Gasteiger partial charge < -0.3 is 5.32 Å². The molecule has 4 aromatic rings. The number of aryl methyl sites for hydroxylation is 2. The van der Waals surface area contributed by atoms with Crippen LogP contribution >= 0.6 is 11.3 Å². The van der Waals surface area contributed by atoms with Crippen molar-refractivity contribution in [3.63, 3.8) is 0 Å². The van der Waals surface area contributed by atoms with Crippen LogP contribution in [-0.4, -0.2) is 25.7 Å². The number of nitrogens with zero attached hydrogens (tertiary/aromatic N) is 4. The molecule has 0 aliphatic rings. The average molecular weight is 363 g/mol. The van der Waals surface area contributed by atoms with Crippen LogP contribution in [0.2, 0.25) is 0 Å². The van der Waals surface area contributed by atoms with E-state index in [4.69, 9.17) is 0 Å². The molecule has 0 atom stereocenters. The fraction of sp³-hybridized carbons (Fsp3) is 0.158. The number of fused-ring (bicyclic) bond motifs is 1. The van der Waals surface area contributed by atoms with Crippen LogP contribution < -0.4 is 5.32 Å². The Labute approximate surface area is 154 Å². The molecule has 0 radical (unpaired) electrons. The van der Waals surface area contributed by atoms with Crippen molar-refractivity contribution in [2.45, 2.75) is 20.4 Å². The molecule has 0 saturated carbocycles. The molecular weight excluding hydrogens is 346 g/mol. The number of aromatic nitrogens is 4. The van der Waals surface area contributed by atoms with Crippen LogP contribution in [0.15, 0.2) is 48.5 Å². The smallest absolute Gasteiger partial charge is 0.251 e. The van der Waals surface area contributed by atoms with Gasteiger partial charge in [0, 0.05) is 17.7 Å². The van der Waals surface area contributed by atoms with Gasteiger partial charge in [0.1, 0.15) is 5.01 Å². The zero-order chi connectivity index (χ0) is 18.1. The Kier molecular flexibility index (Phi) is 4.22. The summed E-state index contributed by atoms with van der Waals surface area (Å²) in [5.41, 5.74) is 3.74. The van der Waals surface area contributed by atoms with Gasteiger partial charge in [-0.25, -0.2) is 0 Å². The molecule has 0 aliphatic carbocycles. The number of rotatable bonds is 4. The van der Waals surface area contributed by atoms with Gasteiger partial charge in [0.15, 0.2) is 5.82 Å². The largest absolute Gasteiger partial charge is 0.348 e. The summed E-state index contributed by atoms with van der Waals surface area (Å²) in [7, 11) is 0. The molecule has 0 bridgehead atoms. The molecule has 2 aromatic carbocycles. The molecule has 0 saturated heterocycles. The second-order valence-electron chi connectivity index (χ2n) is 6.04. The van der Waals surface area contributed by atoms with Gasteiger partial charge in [-0.2, -0.15) is 9.61 Å². The molecule has 26 heavy (non-hydrogen) atoms. The summed E-state index contributed by atoms with van der Waals surface area (Å²) in [6, 6.07) is 15.6. The van der Waals surface area contributed by atoms with Crippen molar-refractivity contribution in [2.24, 2.45) is 0 Å². The normalized spacial score (nSPS) is 11.0. The van der Waals surface area contributed by atoms with Crippen LogP contribution in [-0.2, 0) is 6.54 Å². The minimum atomic E-state index is -0.0590. The van der Waals surface area contributed by atoms with Crippen LogP contribution in [0.1, 0.15) is 27.3 Å². The maximum Gasteiger partial charge on any atom is 0.251 e. The molecule has 6 nitrogen and oxygen atoms in total. The Balaban J connectivity index is 1.46. The van der Waals surface area contributed by atoms with Crippen molar-refractivity contribution < 1.29 is 4.79 Å². The predicted octanol–water partition coefficient (Wildman–Crippen LogP) is 3.40. The van der Waals surface area contributed by atoms with E-state index in [0.717, 1.165) is 32.5 Å². The maximum atomic E-state index is 12.3. The lowest BCUT2D eigenvalue weighted by Gasteiger charge is -2.08. The van der Waals surface area contributed by atoms with Crippen LogP contribution in [0.3, 0.4) is 0 Å². The van der Waals surface area contributed by atoms with E-state index in [-0.39, 0.29) is 5.91 Å². The van der Waals surface area contributed by atoms with Crippen molar-refractivity contribution in [3.05, 3.63) is 71.0 Å². The van der Waals surface area contributed by atoms with Gasteiger partial charge in [0.05, 0.1) is 0 Å². The standard InChI is InChI=1S/C19H17N5OS/c1-12-5-3-4-6-16(12)17(25)20-11-14-7-9-15(10-8-14)18-23-24-13(2)21-22-19(24)26-18/h3-10H,11H2,1-2H3,(H,20,25). The van der Waals surface area contributed by atoms with Gasteiger partial charge in [-0.15, -0.1) is 10.2 Å². The molecule has 2 heterocycles. The third-order valence-electron chi connectivity index (χ3n) is 4.19. The van der Waals surface area contributed by atoms with E-state index in [2.05, 4.69) is 20.6 Å². The van der Waals surface area contributed by atoms with Crippen molar-refractivity contribution in [2.75, 3.05) is 0 Å². The number of hydrogen-bond acceptors (Lipinski definition) is 5. The molecule has 0 unspecified atom stereocenters. The van der Waals surface area contributed by atoms with E-state index >= 15 is 0 Å². The van der Waals surface area contributed by atoms with E-state index in [1.807, 2.05) is 62.4 Å². The molecule has 0 fully saturated rings. The van der Waals surface area contributed by atoms with Gasteiger partial charge >= 0.3 is 0 Å². The summed E-state index contributed by atoms with van der Waals surface area (Å²) in [6.45, 7) is 4.30. The number of carbonyl (C=O) groups is 1. The van der Waals surface area contributed by atoms with Crippen LogP contribution in [0.5, 0.6) is 0 Å². The Morgan fingerprint density at radius 1 is 1.08 bits per heavy atom. The van der Waals surface area contributed by atoms with Gasteiger partial charge in [0.25, 0.3) is 5.91 Å². The summed E-state index contributed by atoms with van der Waals surface area (Å²) in [4.78, 5) is 13.1. The third kappa shape index (κ3) is 3.09. The summed E-state index contributed by atoms with van der Waals surface area (Å²) >= 11 is 1.50. The van der Waals surface area contributed by atoms with Gasteiger partial charge in [-0.1, -0.05) is 53.8 Å².